The summed E-state index contributed by atoms with van der Waals surface area (Å²) in [4.78, 5) is 4.22. The van der Waals surface area contributed by atoms with Crippen LogP contribution in [-0.2, 0) is 0 Å². The molecule has 0 spiro atoms. The van der Waals surface area contributed by atoms with Gasteiger partial charge in [0.15, 0.2) is 0 Å². The average Bonchev–Trinajstić information content (AvgIpc) is 2.43. The number of benzene rings is 2. The van der Waals surface area contributed by atoms with E-state index in [1.165, 1.54) is 0 Å². The summed E-state index contributed by atoms with van der Waals surface area (Å²) in [6, 6.07) is 14.6. The zero-order chi connectivity index (χ0) is 14.4. The van der Waals surface area contributed by atoms with Crippen LogP contribution in [0.2, 0.25) is 10.0 Å². The summed E-state index contributed by atoms with van der Waals surface area (Å²) in [5, 5.41) is 4.80. The summed E-state index contributed by atoms with van der Waals surface area (Å²) in [5.41, 5.74) is 1.60. The van der Waals surface area contributed by atoms with Gasteiger partial charge in [-0.15, -0.1) is 12.4 Å². The Labute approximate surface area is 144 Å². The average molecular weight is 362 g/mol. The van der Waals surface area contributed by atoms with Gasteiger partial charge in [-0.25, -0.2) is 0 Å². The summed E-state index contributed by atoms with van der Waals surface area (Å²) < 4.78 is 0. The van der Waals surface area contributed by atoms with Crippen LogP contribution in [0.15, 0.2) is 64.8 Å². The smallest absolute Gasteiger partial charge is 0.0748 e. The molecule has 0 radical (unpaired) electrons. The van der Waals surface area contributed by atoms with Crippen LogP contribution in [0.25, 0.3) is 0 Å². The molecule has 0 aromatic heterocycles. The molecule has 0 aliphatic rings. The maximum absolute atomic E-state index is 6.04. The zero-order valence-electron chi connectivity index (χ0n) is 10.8. The number of hydrogen-bond acceptors (Lipinski definition) is 2. The van der Waals surface area contributed by atoms with E-state index in [-0.39, 0.29) is 12.4 Å². The molecule has 2 rings (SSSR count). The van der Waals surface area contributed by atoms with E-state index in [1.54, 1.807) is 36.7 Å². The Balaban J connectivity index is 0.00000220. The standard InChI is InChI=1S/C15H11Cl3N2.ClH/c16-11-3-1-5-14(7-11)19-9-13(18)10-20-15-6-2-4-12(17)8-15;/h1-10,19H;1H/b13-9-,20-10?;. The second-order valence-corrected chi connectivity index (χ2v) is 5.23. The van der Waals surface area contributed by atoms with Crippen LogP contribution in [-0.4, -0.2) is 6.21 Å². The van der Waals surface area contributed by atoms with Gasteiger partial charge in [0.05, 0.1) is 10.7 Å². The minimum absolute atomic E-state index is 0. The van der Waals surface area contributed by atoms with E-state index in [4.69, 9.17) is 34.8 Å². The monoisotopic (exact) mass is 360 g/mol. The van der Waals surface area contributed by atoms with Gasteiger partial charge in [-0.1, -0.05) is 46.9 Å². The van der Waals surface area contributed by atoms with Gasteiger partial charge in [-0.2, -0.15) is 0 Å². The first-order chi connectivity index (χ1) is 9.63. The van der Waals surface area contributed by atoms with Crippen LogP contribution in [0.4, 0.5) is 11.4 Å². The first-order valence-corrected chi connectivity index (χ1v) is 6.94. The van der Waals surface area contributed by atoms with Crippen LogP contribution < -0.4 is 5.32 Å². The van der Waals surface area contributed by atoms with Crippen molar-refractivity contribution < 1.29 is 0 Å². The maximum Gasteiger partial charge on any atom is 0.0748 e. The normalized spacial score (nSPS) is 11.3. The molecular formula is C15H12Cl4N2. The lowest BCUT2D eigenvalue weighted by Crippen LogP contribution is -1.89. The van der Waals surface area contributed by atoms with Crippen LogP contribution in [0.5, 0.6) is 0 Å². The Morgan fingerprint density at radius 3 is 2.33 bits per heavy atom. The largest absolute Gasteiger partial charge is 0.360 e. The third kappa shape index (κ3) is 6.40. The van der Waals surface area contributed by atoms with E-state index in [2.05, 4.69) is 10.3 Å². The van der Waals surface area contributed by atoms with Gasteiger partial charge >= 0.3 is 0 Å². The lowest BCUT2D eigenvalue weighted by molar-refractivity contribution is 1.53. The van der Waals surface area contributed by atoms with Crippen molar-refractivity contribution in [2.24, 2.45) is 4.99 Å². The summed E-state index contributed by atoms with van der Waals surface area (Å²) in [7, 11) is 0. The molecule has 0 saturated carbocycles. The SMILES string of the molecule is Cl.Cl/C(C=Nc1cccc(Cl)c1)=C\Nc1cccc(Cl)c1. The third-order valence-electron chi connectivity index (χ3n) is 2.35. The van der Waals surface area contributed by atoms with Crippen molar-refractivity contribution >= 4 is 64.8 Å². The molecule has 0 fully saturated rings. The molecule has 0 aliphatic carbocycles. The molecule has 0 aliphatic heterocycles. The van der Waals surface area contributed by atoms with Crippen LogP contribution in [0.1, 0.15) is 0 Å². The number of hydrogen-bond donors (Lipinski definition) is 1. The van der Waals surface area contributed by atoms with Gasteiger partial charge in [0.1, 0.15) is 0 Å². The second-order valence-electron chi connectivity index (χ2n) is 3.92. The van der Waals surface area contributed by atoms with Crippen molar-refractivity contribution in [3.05, 3.63) is 69.8 Å². The molecule has 1 N–H and O–H groups in total. The van der Waals surface area contributed by atoms with E-state index in [0.29, 0.717) is 15.1 Å². The highest BCUT2D eigenvalue weighted by molar-refractivity contribution is 6.39. The summed E-state index contributed by atoms with van der Waals surface area (Å²) in [5.74, 6) is 0. The van der Waals surface area contributed by atoms with Crippen molar-refractivity contribution in [3.63, 3.8) is 0 Å². The molecule has 0 atom stereocenters. The van der Waals surface area contributed by atoms with Crippen molar-refractivity contribution in [2.75, 3.05) is 5.32 Å². The minimum atomic E-state index is 0. The number of aliphatic imine (C=N–C) groups is 1. The number of halogens is 4. The second kappa shape index (κ2) is 8.96. The van der Waals surface area contributed by atoms with Crippen molar-refractivity contribution in [1.29, 1.82) is 0 Å². The van der Waals surface area contributed by atoms with Crippen molar-refractivity contribution in [3.8, 4) is 0 Å². The molecule has 21 heavy (non-hydrogen) atoms. The van der Waals surface area contributed by atoms with Crippen molar-refractivity contribution in [2.45, 2.75) is 0 Å². The molecule has 0 amide bonds. The molecular weight excluding hydrogens is 350 g/mol. The minimum Gasteiger partial charge on any atom is -0.360 e. The zero-order valence-corrected chi connectivity index (χ0v) is 13.8. The molecule has 2 aromatic carbocycles. The highest BCUT2D eigenvalue weighted by Crippen LogP contribution is 2.18. The van der Waals surface area contributed by atoms with E-state index in [9.17, 15) is 0 Å². The fourth-order valence-electron chi connectivity index (χ4n) is 1.46. The van der Waals surface area contributed by atoms with Gasteiger partial charge in [0, 0.05) is 28.1 Å². The predicted molar refractivity (Wildman–Crippen MR) is 95.9 cm³/mol. The predicted octanol–water partition coefficient (Wildman–Crippen LogP) is 6.31. The first-order valence-electron chi connectivity index (χ1n) is 5.81. The quantitative estimate of drug-likeness (QED) is 0.634. The van der Waals surface area contributed by atoms with Gasteiger partial charge in [0.2, 0.25) is 0 Å². The fourth-order valence-corrected chi connectivity index (χ4v) is 1.94. The molecule has 0 unspecified atom stereocenters. The van der Waals surface area contributed by atoms with Gasteiger partial charge in [0.25, 0.3) is 0 Å². The third-order valence-corrected chi connectivity index (χ3v) is 3.02. The Morgan fingerprint density at radius 1 is 1.00 bits per heavy atom. The van der Waals surface area contributed by atoms with Crippen LogP contribution in [0, 0.1) is 0 Å². The fraction of sp³-hybridized carbons (Fsp3) is 0. The number of rotatable bonds is 4. The molecule has 6 heteroatoms. The van der Waals surface area contributed by atoms with E-state index in [1.807, 2.05) is 24.3 Å². The summed E-state index contributed by atoms with van der Waals surface area (Å²) in [6.07, 6.45) is 3.19. The first kappa shape index (κ1) is 17.9. The summed E-state index contributed by atoms with van der Waals surface area (Å²) >= 11 is 17.8. The topological polar surface area (TPSA) is 24.4 Å². The maximum atomic E-state index is 6.04. The molecule has 2 nitrogen and oxygen atoms in total. The Hall–Kier alpha value is -1.19. The van der Waals surface area contributed by atoms with Crippen LogP contribution >= 0.6 is 47.2 Å². The van der Waals surface area contributed by atoms with Gasteiger partial charge in [-0.3, -0.25) is 4.99 Å². The highest BCUT2D eigenvalue weighted by atomic mass is 35.5. The molecule has 110 valence electrons. The molecule has 0 saturated heterocycles. The molecule has 0 heterocycles. The highest BCUT2D eigenvalue weighted by Gasteiger charge is 1.93. The number of nitrogens with one attached hydrogen (secondary N) is 1. The molecule has 0 bridgehead atoms. The Morgan fingerprint density at radius 2 is 1.67 bits per heavy atom. The summed E-state index contributed by atoms with van der Waals surface area (Å²) in [6.45, 7) is 0. The van der Waals surface area contributed by atoms with Crippen LogP contribution in [0.3, 0.4) is 0 Å². The molecule has 2 aromatic rings. The van der Waals surface area contributed by atoms with Crippen molar-refractivity contribution in [1.82, 2.24) is 0 Å². The lowest BCUT2D eigenvalue weighted by Gasteiger charge is -2.01. The van der Waals surface area contributed by atoms with E-state index >= 15 is 0 Å². The van der Waals surface area contributed by atoms with E-state index in [0.717, 1.165) is 11.4 Å². The van der Waals surface area contributed by atoms with E-state index < -0.39 is 0 Å². The number of nitrogens with zero attached hydrogens (tertiary/aromatic N) is 1. The van der Waals surface area contributed by atoms with Gasteiger partial charge in [-0.05, 0) is 36.4 Å². The van der Waals surface area contributed by atoms with Gasteiger partial charge < -0.3 is 5.32 Å². The number of anilines is 1. The lowest BCUT2D eigenvalue weighted by atomic mass is 10.3. The Kier molecular flexibility index (Phi) is 7.62. The Bertz CT molecular complexity index is 654. The number of allylic oxidation sites excluding steroid dienone is 1.